The Kier molecular flexibility index (Phi) is 9.76. The van der Waals surface area contributed by atoms with E-state index in [1.807, 2.05) is 25.1 Å². The Balaban J connectivity index is 0.00000338. The van der Waals surface area contributed by atoms with Gasteiger partial charge in [-0.3, -0.25) is 0 Å². The Bertz CT molecular complexity index is 681. The number of ether oxygens (including phenoxy) is 2. The molecule has 144 valence electrons. The first kappa shape index (κ1) is 22.5. The molecule has 0 fully saturated rings. The summed E-state index contributed by atoms with van der Waals surface area (Å²) in [6.07, 6.45) is 1.10. The molecule has 0 aliphatic carbocycles. The minimum absolute atomic E-state index is 0. The highest BCUT2D eigenvalue weighted by Crippen LogP contribution is 2.24. The molecule has 0 heterocycles. The van der Waals surface area contributed by atoms with Crippen LogP contribution in [0.1, 0.15) is 32.8 Å². The molecule has 0 saturated heterocycles. The highest BCUT2D eigenvalue weighted by atomic mass is 127. The lowest BCUT2D eigenvalue weighted by molar-refractivity contribution is -0.00000878. The molecule has 0 aromatic heterocycles. The van der Waals surface area contributed by atoms with E-state index in [0.717, 1.165) is 24.3 Å². The third-order valence-electron chi connectivity index (χ3n) is 4.36. The standard InChI is InChI=1S/C21H28FNO2.HI/c1-5-17(4)23(6-2)18-8-7-9-19(15-18)24-12-13-25-21-11-10-16(3)14-20(21)22;/h7-11,14-15,17H,5-6,12-13H2,1-4H3;1H. The van der Waals surface area contributed by atoms with Gasteiger partial charge >= 0.3 is 0 Å². The van der Waals surface area contributed by atoms with E-state index in [2.05, 4.69) is 42.5 Å². The number of nitrogens with zero attached hydrogens (tertiary/aromatic N) is 1. The van der Waals surface area contributed by atoms with Crippen molar-refractivity contribution in [2.75, 3.05) is 24.7 Å². The summed E-state index contributed by atoms with van der Waals surface area (Å²) in [5, 5.41) is 0. The van der Waals surface area contributed by atoms with Crippen molar-refractivity contribution in [2.24, 2.45) is 0 Å². The van der Waals surface area contributed by atoms with E-state index in [1.165, 1.54) is 11.8 Å². The minimum atomic E-state index is -0.325. The van der Waals surface area contributed by atoms with E-state index in [4.69, 9.17) is 4.74 Å². The van der Waals surface area contributed by atoms with Gasteiger partial charge in [0.15, 0.2) is 18.2 Å². The van der Waals surface area contributed by atoms with Crippen LogP contribution in [0.15, 0.2) is 42.5 Å². The van der Waals surface area contributed by atoms with Crippen molar-refractivity contribution < 1.29 is 37.8 Å². The summed E-state index contributed by atoms with van der Waals surface area (Å²) in [7, 11) is 0. The Morgan fingerprint density at radius 3 is 2.58 bits per heavy atom. The molecule has 0 bridgehead atoms. The summed E-state index contributed by atoms with van der Waals surface area (Å²) >= 11 is 0. The Labute approximate surface area is 173 Å². The average molecular weight is 473 g/mol. The minimum Gasteiger partial charge on any atom is -1.00 e. The van der Waals surface area contributed by atoms with Crippen LogP contribution in [0.2, 0.25) is 0 Å². The second-order valence-electron chi connectivity index (χ2n) is 6.23. The van der Waals surface area contributed by atoms with E-state index in [-0.39, 0.29) is 35.5 Å². The summed E-state index contributed by atoms with van der Waals surface area (Å²) in [5.41, 5.74) is 2.07. The molecule has 0 aliphatic rings. The second-order valence-corrected chi connectivity index (χ2v) is 6.23. The van der Waals surface area contributed by atoms with Crippen LogP contribution < -0.4 is 33.6 Å². The van der Waals surface area contributed by atoms with Crippen LogP contribution >= 0.6 is 0 Å². The maximum atomic E-state index is 13.7. The molecular weight excluding hydrogens is 444 g/mol. The molecular formula is C21H29FINO2. The number of aliphatic hydroxyl groups is 1. The first-order chi connectivity index (χ1) is 12.0. The molecule has 0 saturated carbocycles. The van der Waals surface area contributed by atoms with Gasteiger partial charge in [-0.1, -0.05) is 19.1 Å². The van der Waals surface area contributed by atoms with Gasteiger partial charge in [-0.15, -0.1) is 0 Å². The van der Waals surface area contributed by atoms with Gasteiger partial charge in [-0.05, 0) is 51.0 Å². The van der Waals surface area contributed by atoms with Crippen molar-refractivity contribution in [1.29, 1.82) is 0 Å². The lowest BCUT2D eigenvalue weighted by atomic mass is 10.2. The van der Waals surface area contributed by atoms with E-state index in [9.17, 15) is 4.39 Å². The van der Waals surface area contributed by atoms with Crippen LogP contribution in [0.5, 0.6) is 11.5 Å². The zero-order valence-electron chi connectivity index (χ0n) is 16.0. The summed E-state index contributed by atoms with van der Waals surface area (Å²) in [6.45, 7) is 10.3. The van der Waals surface area contributed by atoms with Crippen LogP contribution in [0, 0.1) is 12.7 Å². The van der Waals surface area contributed by atoms with E-state index in [0.29, 0.717) is 19.3 Å². The zero-order chi connectivity index (χ0) is 18.2. The maximum absolute atomic E-state index is 13.7. The van der Waals surface area contributed by atoms with Crippen molar-refractivity contribution in [3.05, 3.63) is 53.8 Å². The van der Waals surface area contributed by atoms with E-state index in [1.54, 1.807) is 6.07 Å². The summed E-state index contributed by atoms with van der Waals surface area (Å²) in [4.78, 5) is 2.37. The predicted molar refractivity (Wildman–Crippen MR) is 102 cm³/mol. The predicted octanol–water partition coefficient (Wildman–Crippen LogP) is 2.08. The molecule has 0 amide bonds. The fourth-order valence-corrected chi connectivity index (χ4v) is 2.79. The third kappa shape index (κ3) is 6.34. The van der Waals surface area contributed by atoms with Gasteiger partial charge in [0.05, 0.1) is 6.07 Å². The molecule has 3 nitrogen and oxygen atoms in total. The Morgan fingerprint density at radius 1 is 1.15 bits per heavy atom. The van der Waals surface area contributed by atoms with Crippen molar-refractivity contribution in [2.45, 2.75) is 40.2 Å². The fraction of sp³-hybridized carbons (Fsp3) is 0.429. The topological polar surface area (TPSA) is 25.3 Å². The molecule has 0 aliphatic heterocycles. The molecule has 2 aromatic carbocycles. The number of rotatable bonds is 9. The highest BCUT2D eigenvalue weighted by Gasteiger charge is 2.13. The van der Waals surface area contributed by atoms with Gasteiger partial charge in [-0.25, -0.2) is 4.39 Å². The SMILES string of the molecule is CCC(C)N(CC)c1cccc([OH+]CCOc2ccc(C)cc2F)c1.[I-]. The fourth-order valence-electron chi connectivity index (χ4n) is 2.79. The molecule has 5 heteroatoms. The number of aromatic hydroxyl groups is 1. The van der Waals surface area contributed by atoms with Crippen LogP contribution in [-0.2, 0) is 0 Å². The molecule has 1 N–H and O–H groups in total. The highest BCUT2D eigenvalue weighted by molar-refractivity contribution is 5.51. The summed E-state index contributed by atoms with van der Waals surface area (Å²) in [6, 6.07) is 13.7. The molecule has 1 atom stereocenters. The molecule has 26 heavy (non-hydrogen) atoms. The van der Waals surface area contributed by atoms with Crippen molar-refractivity contribution >= 4 is 5.69 Å². The number of benzene rings is 2. The van der Waals surface area contributed by atoms with Gasteiger partial charge in [0.1, 0.15) is 0 Å². The third-order valence-corrected chi connectivity index (χ3v) is 4.36. The maximum Gasteiger partial charge on any atom is 0.256 e. The van der Waals surface area contributed by atoms with Crippen molar-refractivity contribution in [1.82, 2.24) is 0 Å². The van der Waals surface area contributed by atoms with Crippen LogP contribution in [0.25, 0.3) is 0 Å². The monoisotopic (exact) mass is 473 g/mol. The lowest BCUT2D eigenvalue weighted by Gasteiger charge is -2.29. The van der Waals surface area contributed by atoms with Gasteiger partial charge in [0.2, 0.25) is 6.61 Å². The van der Waals surface area contributed by atoms with Crippen LogP contribution in [0.4, 0.5) is 10.1 Å². The number of anilines is 1. The smallest absolute Gasteiger partial charge is 0.256 e. The number of aryl methyl sites for hydroxylation is 1. The van der Waals surface area contributed by atoms with Gasteiger partial charge in [0.25, 0.3) is 5.75 Å². The molecule has 2 aromatic rings. The van der Waals surface area contributed by atoms with E-state index < -0.39 is 0 Å². The van der Waals surface area contributed by atoms with Gasteiger partial charge < -0.3 is 38.4 Å². The van der Waals surface area contributed by atoms with Gasteiger partial charge in [0, 0.05) is 24.3 Å². The number of hydrogen-bond donors (Lipinski definition) is 0. The molecule has 2 rings (SSSR count). The number of halogens is 2. The summed E-state index contributed by atoms with van der Waals surface area (Å²) in [5.74, 6) is 0.879. The largest absolute Gasteiger partial charge is 1.00 e. The zero-order valence-corrected chi connectivity index (χ0v) is 18.2. The first-order valence-corrected chi connectivity index (χ1v) is 8.98. The Hall–Kier alpha value is -1.50. The second kappa shape index (κ2) is 11.3. The first-order valence-electron chi connectivity index (χ1n) is 8.98. The van der Waals surface area contributed by atoms with Gasteiger partial charge in [-0.2, -0.15) is 0 Å². The Morgan fingerprint density at radius 2 is 1.92 bits per heavy atom. The summed E-state index contributed by atoms with van der Waals surface area (Å²) < 4.78 is 23.8. The molecule has 0 radical (unpaired) electrons. The van der Waals surface area contributed by atoms with Crippen molar-refractivity contribution in [3.63, 3.8) is 0 Å². The molecule has 0 spiro atoms. The van der Waals surface area contributed by atoms with E-state index >= 15 is 0 Å². The van der Waals surface area contributed by atoms with Crippen LogP contribution in [-0.4, -0.2) is 30.5 Å². The number of hydrogen-bond acceptors (Lipinski definition) is 2. The van der Waals surface area contributed by atoms with Crippen molar-refractivity contribution in [3.8, 4) is 11.5 Å². The lowest BCUT2D eigenvalue weighted by Crippen LogP contribution is -3.00. The average Bonchev–Trinajstić information content (AvgIpc) is 2.61. The normalized spacial score (nSPS) is 11.4. The molecule has 1 unspecified atom stereocenters. The quantitative estimate of drug-likeness (QED) is 0.317. The van der Waals surface area contributed by atoms with Crippen LogP contribution in [0.3, 0.4) is 0 Å².